The van der Waals surface area contributed by atoms with Crippen LogP contribution in [0.15, 0.2) is 21.1 Å². The minimum atomic E-state index is 0.104. The quantitative estimate of drug-likeness (QED) is 0.672. The summed E-state index contributed by atoms with van der Waals surface area (Å²) in [6, 6.07) is 4.39. The highest BCUT2D eigenvalue weighted by Crippen LogP contribution is 2.36. The Morgan fingerprint density at radius 1 is 1.10 bits per heavy atom. The zero-order valence-corrected chi connectivity index (χ0v) is 15.7. The van der Waals surface area contributed by atoms with Gasteiger partial charge in [0.25, 0.3) is 0 Å². The van der Waals surface area contributed by atoms with Crippen molar-refractivity contribution in [1.29, 1.82) is 0 Å². The predicted molar refractivity (Wildman–Crippen MR) is 90.9 cm³/mol. The number of hydrogen-bond donors (Lipinski definition) is 1. The van der Waals surface area contributed by atoms with Crippen LogP contribution < -0.4 is 14.8 Å². The third kappa shape index (κ3) is 5.26. The van der Waals surface area contributed by atoms with Crippen molar-refractivity contribution in [3.8, 4) is 11.5 Å². The predicted octanol–water partition coefficient (Wildman–Crippen LogP) is 4.77. The lowest BCUT2D eigenvalue weighted by molar-refractivity contribution is 0.208. The van der Waals surface area contributed by atoms with E-state index in [0.29, 0.717) is 6.04 Å². The monoisotopic (exact) mass is 407 g/mol. The average Bonchev–Trinajstić information content (AvgIpc) is 2.43. The first-order valence-electron chi connectivity index (χ1n) is 6.94. The molecule has 0 aromatic heterocycles. The van der Waals surface area contributed by atoms with Gasteiger partial charge in [0, 0.05) is 12.6 Å². The Hall–Kier alpha value is -0.260. The van der Waals surface area contributed by atoms with Gasteiger partial charge >= 0.3 is 0 Å². The highest BCUT2D eigenvalue weighted by atomic mass is 79.9. The Kier molecular flexibility index (Phi) is 7.92. The van der Waals surface area contributed by atoms with Crippen molar-refractivity contribution in [3.05, 3.63) is 21.1 Å². The molecule has 0 saturated carbocycles. The normalized spacial score (nSPS) is 12.6. The van der Waals surface area contributed by atoms with Gasteiger partial charge in [-0.2, -0.15) is 0 Å². The average molecular weight is 409 g/mol. The second-order valence-corrected chi connectivity index (χ2v) is 6.48. The number of hydrogen-bond acceptors (Lipinski definition) is 3. The minimum absolute atomic E-state index is 0.104. The van der Waals surface area contributed by atoms with Crippen LogP contribution in [0, 0.1) is 0 Å². The molecule has 0 radical (unpaired) electrons. The molecule has 1 aromatic carbocycles. The van der Waals surface area contributed by atoms with E-state index < -0.39 is 0 Å². The van der Waals surface area contributed by atoms with E-state index in [0.717, 1.165) is 39.8 Å². The zero-order valence-electron chi connectivity index (χ0n) is 12.5. The van der Waals surface area contributed by atoms with Gasteiger partial charge in [-0.15, -0.1) is 0 Å². The molecule has 3 nitrogen and oxygen atoms in total. The Bertz CT molecular complexity index is 423. The van der Waals surface area contributed by atoms with Gasteiger partial charge in [0.15, 0.2) is 0 Å². The molecule has 114 valence electrons. The van der Waals surface area contributed by atoms with Crippen LogP contribution in [0.4, 0.5) is 0 Å². The van der Waals surface area contributed by atoms with E-state index in [1.807, 2.05) is 12.1 Å². The van der Waals surface area contributed by atoms with Gasteiger partial charge in [0.1, 0.15) is 17.6 Å². The summed E-state index contributed by atoms with van der Waals surface area (Å²) in [6.07, 6.45) is 2.38. The molecule has 5 heteroatoms. The topological polar surface area (TPSA) is 30.5 Å². The molecule has 20 heavy (non-hydrogen) atoms. The third-order valence-electron chi connectivity index (χ3n) is 3.21. The lowest BCUT2D eigenvalue weighted by atomic mass is 10.1. The van der Waals surface area contributed by atoms with E-state index in [2.05, 4.69) is 57.9 Å². The molecular formula is C15H23Br2NO2. The maximum absolute atomic E-state index is 5.97. The zero-order chi connectivity index (χ0) is 15.1. The van der Waals surface area contributed by atoms with E-state index in [-0.39, 0.29) is 6.10 Å². The molecule has 0 bridgehead atoms. The number of ether oxygens (including phenoxy) is 2. The lowest BCUT2D eigenvalue weighted by Crippen LogP contribution is -2.36. The van der Waals surface area contributed by atoms with Crippen molar-refractivity contribution in [2.24, 2.45) is 0 Å². The van der Waals surface area contributed by atoms with Crippen LogP contribution in [0.3, 0.4) is 0 Å². The van der Waals surface area contributed by atoms with Crippen LogP contribution in [-0.4, -0.2) is 25.8 Å². The van der Waals surface area contributed by atoms with Gasteiger partial charge in [-0.3, -0.25) is 0 Å². The highest BCUT2D eigenvalue weighted by Gasteiger charge is 2.12. The fourth-order valence-corrected chi connectivity index (χ4v) is 2.83. The van der Waals surface area contributed by atoms with Crippen molar-refractivity contribution in [2.45, 2.75) is 45.8 Å². The minimum Gasteiger partial charge on any atom is -0.496 e. The lowest BCUT2D eigenvalue weighted by Gasteiger charge is -2.21. The molecular weight excluding hydrogens is 386 g/mol. The van der Waals surface area contributed by atoms with E-state index in [1.165, 1.54) is 0 Å². The third-order valence-corrected chi connectivity index (χ3v) is 4.45. The summed E-state index contributed by atoms with van der Waals surface area (Å²) in [5, 5.41) is 3.52. The fourth-order valence-electron chi connectivity index (χ4n) is 1.93. The van der Waals surface area contributed by atoms with Crippen LogP contribution >= 0.6 is 31.9 Å². The van der Waals surface area contributed by atoms with Crippen molar-refractivity contribution >= 4 is 31.9 Å². The van der Waals surface area contributed by atoms with Crippen LogP contribution in [-0.2, 0) is 0 Å². The number of nitrogens with one attached hydrogen (secondary N) is 1. The Morgan fingerprint density at radius 3 is 2.20 bits per heavy atom. The summed E-state index contributed by atoms with van der Waals surface area (Å²) >= 11 is 6.99. The number of halogens is 2. The summed E-state index contributed by atoms with van der Waals surface area (Å²) in [5.74, 6) is 1.60. The molecule has 1 aromatic rings. The molecule has 0 amide bonds. The molecule has 1 unspecified atom stereocenters. The molecule has 0 spiro atoms. The molecule has 0 aliphatic heterocycles. The van der Waals surface area contributed by atoms with E-state index in [1.54, 1.807) is 7.11 Å². The van der Waals surface area contributed by atoms with E-state index >= 15 is 0 Å². The summed E-state index contributed by atoms with van der Waals surface area (Å²) < 4.78 is 13.0. The van der Waals surface area contributed by atoms with Gasteiger partial charge in [-0.1, -0.05) is 13.8 Å². The summed E-state index contributed by atoms with van der Waals surface area (Å²) in [5.41, 5.74) is 0. The van der Waals surface area contributed by atoms with Gasteiger partial charge < -0.3 is 14.8 Å². The first-order valence-corrected chi connectivity index (χ1v) is 8.53. The summed E-state index contributed by atoms with van der Waals surface area (Å²) in [7, 11) is 1.65. The Morgan fingerprint density at radius 2 is 1.65 bits per heavy atom. The van der Waals surface area contributed by atoms with Gasteiger partial charge in [0.05, 0.1) is 16.1 Å². The molecule has 0 aliphatic carbocycles. The van der Waals surface area contributed by atoms with E-state index in [9.17, 15) is 0 Å². The van der Waals surface area contributed by atoms with Crippen LogP contribution in [0.2, 0.25) is 0 Å². The molecule has 1 rings (SSSR count). The molecule has 0 heterocycles. The van der Waals surface area contributed by atoms with Gasteiger partial charge in [0.2, 0.25) is 0 Å². The number of methoxy groups -OCH3 is 1. The van der Waals surface area contributed by atoms with Crippen LogP contribution in [0.5, 0.6) is 11.5 Å². The summed E-state index contributed by atoms with van der Waals surface area (Å²) in [4.78, 5) is 0. The van der Waals surface area contributed by atoms with Crippen molar-refractivity contribution in [3.63, 3.8) is 0 Å². The van der Waals surface area contributed by atoms with Crippen LogP contribution in [0.1, 0.15) is 33.6 Å². The molecule has 0 aliphatic rings. The second kappa shape index (κ2) is 8.90. The van der Waals surface area contributed by atoms with Gasteiger partial charge in [-0.05, 0) is 63.8 Å². The standard InChI is InChI=1S/C15H23Br2NO2/c1-5-11(6-2)18-9-10(3)20-15-8-12(16)14(19-4)7-13(15)17/h7-8,10-11,18H,5-6,9H2,1-4H3. The number of benzene rings is 1. The number of rotatable bonds is 8. The Balaban J connectivity index is 2.62. The molecule has 1 N–H and O–H groups in total. The van der Waals surface area contributed by atoms with Crippen LogP contribution in [0.25, 0.3) is 0 Å². The largest absolute Gasteiger partial charge is 0.496 e. The van der Waals surface area contributed by atoms with Crippen molar-refractivity contribution < 1.29 is 9.47 Å². The van der Waals surface area contributed by atoms with E-state index in [4.69, 9.17) is 9.47 Å². The first kappa shape index (κ1) is 17.8. The summed E-state index contributed by atoms with van der Waals surface area (Å²) in [6.45, 7) is 7.30. The van der Waals surface area contributed by atoms with Gasteiger partial charge in [-0.25, -0.2) is 0 Å². The van der Waals surface area contributed by atoms with Crippen molar-refractivity contribution in [1.82, 2.24) is 5.32 Å². The smallest absolute Gasteiger partial charge is 0.135 e. The second-order valence-electron chi connectivity index (χ2n) is 4.77. The molecule has 0 saturated heterocycles. The first-order chi connectivity index (χ1) is 9.51. The maximum atomic E-state index is 5.97. The fraction of sp³-hybridized carbons (Fsp3) is 0.600. The SMILES string of the molecule is CCC(CC)NCC(C)Oc1cc(Br)c(OC)cc1Br. The maximum Gasteiger partial charge on any atom is 0.135 e. The molecule has 1 atom stereocenters. The highest BCUT2D eigenvalue weighted by molar-refractivity contribution is 9.11. The molecule has 0 fully saturated rings. The Labute approximate surface area is 138 Å². The van der Waals surface area contributed by atoms with Crippen molar-refractivity contribution in [2.75, 3.05) is 13.7 Å².